The van der Waals surface area contributed by atoms with Crippen LogP contribution in [0.2, 0.25) is 5.02 Å². The zero-order valence-electron chi connectivity index (χ0n) is 12.2. The number of carbonyl (C=O) groups is 1. The van der Waals surface area contributed by atoms with E-state index in [-0.39, 0.29) is 0 Å². The van der Waals surface area contributed by atoms with Crippen LogP contribution in [0.25, 0.3) is 5.95 Å². The number of hydrogen-bond donors (Lipinski definition) is 2. The van der Waals surface area contributed by atoms with Crippen molar-refractivity contribution < 1.29 is 4.79 Å². The molecule has 0 aliphatic heterocycles. The Labute approximate surface area is 137 Å². The van der Waals surface area contributed by atoms with E-state index in [1.54, 1.807) is 41.5 Å². The topological polar surface area (TPSA) is 84.7 Å². The van der Waals surface area contributed by atoms with Gasteiger partial charge in [-0.2, -0.15) is 0 Å². The molecule has 0 aliphatic rings. The highest BCUT2D eigenvalue weighted by atomic mass is 35.5. The van der Waals surface area contributed by atoms with Gasteiger partial charge in [0.2, 0.25) is 5.95 Å². The van der Waals surface area contributed by atoms with Crippen molar-refractivity contribution in [3.8, 4) is 5.95 Å². The minimum absolute atomic E-state index is 0.394. The van der Waals surface area contributed by atoms with Gasteiger partial charge in [0.15, 0.2) is 0 Å². The smallest absolute Gasteiger partial charge is 0.307 e. The lowest BCUT2D eigenvalue weighted by molar-refractivity contribution is 0.262. The van der Waals surface area contributed by atoms with Crippen molar-refractivity contribution in [1.29, 1.82) is 0 Å². The number of halogens is 1. The van der Waals surface area contributed by atoms with Crippen molar-refractivity contribution in [3.05, 3.63) is 59.9 Å². The molecule has 0 radical (unpaired) electrons. The fourth-order valence-electron chi connectivity index (χ4n) is 1.92. The van der Waals surface area contributed by atoms with Crippen molar-refractivity contribution in [3.63, 3.8) is 0 Å². The molecular weight excluding hydrogens is 316 g/mol. The van der Waals surface area contributed by atoms with Gasteiger partial charge in [0, 0.05) is 23.1 Å². The Balaban J connectivity index is 1.67. The number of aromatic nitrogens is 4. The van der Waals surface area contributed by atoms with Gasteiger partial charge in [-0.1, -0.05) is 17.7 Å². The third-order valence-electron chi connectivity index (χ3n) is 3.15. The first kappa shape index (κ1) is 15.0. The van der Waals surface area contributed by atoms with Crippen molar-refractivity contribution in [2.75, 3.05) is 10.6 Å². The SMILES string of the molecule is Cc1c(Cl)cccc1NC(=O)Nc1cnc(-n2ccnc2)nc1. The van der Waals surface area contributed by atoms with Crippen LogP contribution < -0.4 is 10.6 Å². The van der Waals surface area contributed by atoms with Gasteiger partial charge in [-0.05, 0) is 24.6 Å². The summed E-state index contributed by atoms with van der Waals surface area (Å²) < 4.78 is 1.67. The van der Waals surface area contributed by atoms with E-state index < -0.39 is 6.03 Å². The standard InChI is InChI=1S/C15H13ClN6O/c1-10-12(16)3-2-4-13(10)21-15(23)20-11-7-18-14(19-8-11)22-6-5-17-9-22/h2-9H,1H3,(H2,20,21,23). The number of hydrogen-bond acceptors (Lipinski definition) is 4. The van der Waals surface area contributed by atoms with Gasteiger partial charge >= 0.3 is 6.03 Å². The van der Waals surface area contributed by atoms with Crippen LogP contribution in [-0.4, -0.2) is 25.6 Å². The lowest BCUT2D eigenvalue weighted by atomic mass is 10.2. The second-order valence-electron chi connectivity index (χ2n) is 4.73. The Morgan fingerprint density at radius 2 is 2.00 bits per heavy atom. The van der Waals surface area contributed by atoms with Crippen molar-refractivity contribution >= 4 is 29.0 Å². The first-order valence-electron chi connectivity index (χ1n) is 6.77. The van der Waals surface area contributed by atoms with E-state index in [9.17, 15) is 4.79 Å². The first-order valence-corrected chi connectivity index (χ1v) is 7.15. The molecule has 0 saturated carbocycles. The molecule has 0 atom stereocenters. The second-order valence-corrected chi connectivity index (χ2v) is 5.14. The third-order valence-corrected chi connectivity index (χ3v) is 3.56. The van der Waals surface area contributed by atoms with Gasteiger partial charge in [0.1, 0.15) is 6.33 Å². The summed E-state index contributed by atoms with van der Waals surface area (Å²) in [5.74, 6) is 0.471. The molecule has 8 heteroatoms. The fraction of sp³-hybridized carbons (Fsp3) is 0.0667. The molecule has 7 nitrogen and oxygen atoms in total. The largest absolute Gasteiger partial charge is 0.323 e. The number of anilines is 2. The first-order chi connectivity index (χ1) is 11.1. The van der Waals surface area contributed by atoms with E-state index >= 15 is 0 Å². The van der Waals surface area contributed by atoms with E-state index in [1.165, 1.54) is 12.4 Å². The average Bonchev–Trinajstić information content (AvgIpc) is 3.07. The van der Waals surface area contributed by atoms with Gasteiger partial charge in [0.05, 0.1) is 18.1 Å². The maximum Gasteiger partial charge on any atom is 0.323 e. The minimum Gasteiger partial charge on any atom is -0.307 e. The highest BCUT2D eigenvalue weighted by molar-refractivity contribution is 6.31. The molecule has 0 aliphatic carbocycles. The number of amides is 2. The fourth-order valence-corrected chi connectivity index (χ4v) is 2.10. The molecule has 3 rings (SSSR count). The van der Waals surface area contributed by atoms with Crippen LogP contribution in [0.4, 0.5) is 16.2 Å². The van der Waals surface area contributed by atoms with Crippen LogP contribution in [-0.2, 0) is 0 Å². The molecular formula is C15H13ClN6O. The molecule has 116 valence electrons. The van der Waals surface area contributed by atoms with Crippen LogP contribution >= 0.6 is 11.6 Å². The maximum atomic E-state index is 12.0. The van der Waals surface area contributed by atoms with Gasteiger partial charge in [-0.3, -0.25) is 4.57 Å². The van der Waals surface area contributed by atoms with E-state index in [4.69, 9.17) is 11.6 Å². The molecule has 3 aromatic rings. The van der Waals surface area contributed by atoms with Gasteiger partial charge in [-0.15, -0.1) is 0 Å². The van der Waals surface area contributed by atoms with E-state index in [2.05, 4.69) is 25.6 Å². The molecule has 1 aromatic carbocycles. The normalized spacial score (nSPS) is 10.3. The van der Waals surface area contributed by atoms with Gasteiger partial charge in [-0.25, -0.2) is 19.7 Å². The number of carbonyl (C=O) groups excluding carboxylic acids is 1. The Hall–Kier alpha value is -2.93. The number of benzene rings is 1. The Kier molecular flexibility index (Phi) is 4.20. The average molecular weight is 329 g/mol. The molecule has 0 fully saturated rings. The molecule has 0 bridgehead atoms. The van der Waals surface area contributed by atoms with Gasteiger partial charge in [0.25, 0.3) is 0 Å². The van der Waals surface area contributed by atoms with Crippen molar-refractivity contribution in [2.24, 2.45) is 0 Å². The second kappa shape index (κ2) is 6.45. The van der Waals surface area contributed by atoms with E-state index in [0.717, 1.165) is 5.56 Å². The van der Waals surface area contributed by atoms with Crippen molar-refractivity contribution in [1.82, 2.24) is 19.5 Å². The summed E-state index contributed by atoms with van der Waals surface area (Å²) in [5, 5.41) is 6.00. The van der Waals surface area contributed by atoms with Crippen LogP contribution in [0.15, 0.2) is 49.3 Å². The monoisotopic (exact) mass is 328 g/mol. The van der Waals surface area contributed by atoms with Crippen LogP contribution in [0.1, 0.15) is 5.56 Å². The number of rotatable bonds is 3. The zero-order chi connectivity index (χ0) is 16.2. The van der Waals surface area contributed by atoms with Gasteiger partial charge < -0.3 is 10.6 Å². The number of nitrogens with one attached hydrogen (secondary N) is 2. The number of imidazole rings is 1. The van der Waals surface area contributed by atoms with E-state index in [1.807, 2.05) is 6.92 Å². The summed E-state index contributed by atoms with van der Waals surface area (Å²) in [6, 6.07) is 4.92. The van der Waals surface area contributed by atoms with Crippen LogP contribution in [0.5, 0.6) is 0 Å². The summed E-state index contributed by atoms with van der Waals surface area (Å²) >= 11 is 6.02. The third kappa shape index (κ3) is 3.46. The summed E-state index contributed by atoms with van der Waals surface area (Å²) in [6.45, 7) is 1.83. The van der Waals surface area contributed by atoms with Crippen LogP contribution in [0.3, 0.4) is 0 Å². The quantitative estimate of drug-likeness (QED) is 0.772. The molecule has 0 unspecified atom stereocenters. The molecule has 0 saturated heterocycles. The summed E-state index contributed by atoms with van der Waals surface area (Å²) in [4.78, 5) is 24.3. The maximum absolute atomic E-state index is 12.0. The molecule has 2 aromatic heterocycles. The molecule has 2 amide bonds. The Morgan fingerprint density at radius 1 is 1.22 bits per heavy atom. The molecule has 23 heavy (non-hydrogen) atoms. The van der Waals surface area contributed by atoms with Crippen LogP contribution in [0, 0.1) is 6.92 Å². The molecule has 0 spiro atoms. The number of urea groups is 1. The summed E-state index contributed by atoms with van der Waals surface area (Å²) in [5.41, 5.74) is 1.92. The molecule has 2 heterocycles. The lowest BCUT2D eigenvalue weighted by Crippen LogP contribution is -2.20. The predicted octanol–water partition coefficient (Wildman–Crippen LogP) is 3.27. The highest BCUT2D eigenvalue weighted by Gasteiger charge is 2.07. The van der Waals surface area contributed by atoms with E-state index in [0.29, 0.717) is 22.3 Å². The minimum atomic E-state index is -0.394. The highest BCUT2D eigenvalue weighted by Crippen LogP contribution is 2.23. The summed E-state index contributed by atoms with van der Waals surface area (Å²) in [6.07, 6.45) is 8.00. The van der Waals surface area contributed by atoms with Crippen molar-refractivity contribution in [2.45, 2.75) is 6.92 Å². The lowest BCUT2D eigenvalue weighted by Gasteiger charge is -2.10. The summed E-state index contributed by atoms with van der Waals surface area (Å²) in [7, 11) is 0. The Bertz CT molecular complexity index is 816. The molecule has 2 N–H and O–H groups in total. The predicted molar refractivity (Wildman–Crippen MR) is 88.0 cm³/mol. The number of nitrogens with zero attached hydrogens (tertiary/aromatic N) is 4. The zero-order valence-corrected chi connectivity index (χ0v) is 12.9. The Morgan fingerprint density at radius 3 is 2.70 bits per heavy atom.